The molecule has 2 aromatic carbocycles. The van der Waals surface area contributed by atoms with E-state index in [1.54, 1.807) is 22.9 Å². The van der Waals surface area contributed by atoms with Crippen LogP contribution >= 0.6 is 39.3 Å². The monoisotopic (exact) mass is 408 g/mol. The number of tetrazole rings is 1. The molecule has 0 amide bonds. The molecule has 0 saturated heterocycles. The minimum Gasteiger partial charge on any atom is -0.293 e. The van der Waals surface area contributed by atoms with Crippen LogP contribution in [-0.2, 0) is 0 Å². The Kier molecular flexibility index (Phi) is 5.09. The molecule has 0 aliphatic rings. The third-order valence-corrected chi connectivity index (χ3v) is 4.88. The fraction of sp³-hybridized carbons (Fsp3) is 0.0667. The molecule has 5 nitrogen and oxygen atoms in total. The van der Waals surface area contributed by atoms with Crippen molar-refractivity contribution in [2.45, 2.75) is 5.16 Å². The number of Topliss-reactive ketones (excluding diaryl/α,β-unsaturated/α-hetero) is 1. The predicted octanol–water partition coefficient (Wildman–Crippen LogP) is 4.05. The fourth-order valence-corrected chi connectivity index (χ4v) is 3.31. The van der Waals surface area contributed by atoms with Crippen molar-refractivity contribution < 1.29 is 4.79 Å². The van der Waals surface area contributed by atoms with Crippen LogP contribution in [0.3, 0.4) is 0 Å². The van der Waals surface area contributed by atoms with E-state index in [1.807, 2.05) is 30.3 Å². The van der Waals surface area contributed by atoms with Crippen molar-refractivity contribution in [3.63, 3.8) is 0 Å². The van der Waals surface area contributed by atoms with Crippen molar-refractivity contribution in [1.82, 2.24) is 20.2 Å². The molecule has 3 aromatic rings. The van der Waals surface area contributed by atoms with E-state index in [9.17, 15) is 4.79 Å². The number of benzene rings is 2. The van der Waals surface area contributed by atoms with E-state index < -0.39 is 0 Å². The van der Waals surface area contributed by atoms with Gasteiger partial charge in [0.05, 0.1) is 11.4 Å². The van der Waals surface area contributed by atoms with E-state index in [0.29, 0.717) is 15.7 Å². The van der Waals surface area contributed by atoms with E-state index in [-0.39, 0.29) is 11.5 Å². The summed E-state index contributed by atoms with van der Waals surface area (Å²) in [6.07, 6.45) is 0. The molecule has 0 aliphatic heterocycles. The molecular weight excluding hydrogens is 400 g/mol. The van der Waals surface area contributed by atoms with E-state index in [1.165, 1.54) is 11.8 Å². The zero-order valence-electron chi connectivity index (χ0n) is 11.7. The number of hydrogen-bond acceptors (Lipinski definition) is 5. The van der Waals surface area contributed by atoms with Gasteiger partial charge in [-0.2, -0.15) is 4.68 Å². The number of nitrogens with zero attached hydrogens (tertiary/aromatic N) is 4. The molecule has 116 valence electrons. The van der Waals surface area contributed by atoms with Crippen LogP contribution in [-0.4, -0.2) is 31.7 Å². The largest absolute Gasteiger partial charge is 0.293 e. The molecule has 0 unspecified atom stereocenters. The van der Waals surface area contributed by atoms with E-state index in [2.05, 4.69) is 31.5 Å². The number of rotatable bonds is 5. The third kappa shape index (κ3) is 3.80. The minimum atomic E-state index is 0.00753. The number of hydrogen-bond donors (Lipinski definition) is 0. The Morgan fingerprint density at radius 1 is 1.17 bits per heavy atom. The summed E-state index contributed by atoms with van der Waals surface area (Å²) in [6, 6.07) is 14.5. The van der Waals surface area contributed by atoms with Crippen molar-refractivity contribution in [1.29, 1.82) is 0 Å². The van der Waals surface area contributed by atoms with Gasteiger partial charge in [0, 0.05) is 15.1 Å². The molecule has 0 saturated carbocycles. The van der Waals surface area contributed by atoms with Crippen LogP contribution in [0.5, 0.6) is 0 Å². The summed E-state index contributed by atoms with van der Waals surface area (Å²) in [4.78, 5) is 12.3. The average Bonchev–Trinajstić information content (AvgIpc) is 3.02. The van der Waals surface area contributed by atoms with Gasteiger partial charge in [-0.15, -0.1) is 5.10 Å². The summed E-state index contributed by atoms with van der Waals surface area (Å²) < 4.78 is 2.36. The Labute approximate surface area is 150 Å². The van der Waals surface area contributed by atoms with Gasteiger partial charge in [-0.05, 0) is 40.8 Å². The first-order chi connectivity index (χ1) is 11.1. The molecule has 0 aliphatic carbocycles. The van der Waals surface area contributed by atoms with E-state index in [0.717, 1.165) is 10.2 Å². The summed E-state index contributed by atoms with van der Waals surface area (Å²) in [5, 5.41) is 12.8. The molecule has 0 fully saturated rings. The highest BCUT2D eigenvalue weighted by atomic mass is 79.9. The first-order valence-electron chi connectivity index (χ1n) is 6.60. The van der Waals surface area contributed by atoms with Gasteiger partial charge in [-0.1, -0.05) is 57.5 Å². The van der Waals surface area contributed by atoms with Gasteiger partial charge in [0.25, 0.3) is 0 Å². The molecule has 0 N–H and O–H groups in total. The molecule has 1 heterocycles. The smallest absolute Gasteiger partial charge is 0.214 e. The molecule has 3 rings (SSSR count). The number of ketones is 1. The highest BCUT2D eigenvalue weighted by molar-refractivity contribution is 9.10. The lowest BCUT2D eigenvalue weighted by molar-refractivity contribution is 0.102. The predicted molar refractivity (Wildman–Crippen MR) is 93.4 cm³/mol. The standard InChI is InChI=1S/C15H10BrClN4OS/c16-13-4-2-1-3-12(13)14(22)9-23-15-18-19-20-21(15)11-7-5-10(17)6-8-11/h1-8H,9H2. The summed E-state index contributed by atoms with van der Waals surface area (Å²) in [6.45, 7) is 0. The Morgan fingerprint density at radius 3 is 2.65 bits per heavy atom. The summed E-state index contributed by atoms with van der Waals surface area (Å²) >= 11 is 10.6. The van der Waals surface area contributed by atoms with Gasteiger partial charge in [-0.3, -0.25) is 4.79 Å². The van der Waals surface area contributed by atoms with Crippen LogP contribution in [0.4, 0.5) is 0 Å². The van der Waals surface area contributed by atoms with Crippen LogP contribution in [0.1, 0.15) is 10.4 Å². The fourth-order valence-electron chi connectivity index (χ4n) is 1.91. The molecule has 23 heavy (non-hydrogen) atoms. The maximum Gasteiger partial charge on any atom is 0.214 e. The maximum absolute atomic E-state index is 12.3. The first-order valence-corrected chi connectivity index (χ1v) is 8.75. The van der Waals surface area contributed by atoms with Gasteiger partial charge in [0.15, 0.2) is 5.78 Å². The van der Waals surface area contributed by atoms with Crippen LogP contribution in [0.2, 0.25) is 5.02 Å². The third-order valence-electron chi connectivity index (χ3n) is 3.02. The lowest BCUT2D eigenvalue weighted by atomic mass is 10.1. The van der Waals surface area contributed by atoms with Crippen molar-refractivity contribution in [2.24, 2.45) is 0 Å². The quantitative estimate of drug-likeness (QED) is 0.470. The first kappa shape index (κ1) is 16.2. The second kappa shape index (κ2) is 7.25. The number of thioether (sulfide) groups is 1. The Bertz CT molecular complexity index is 838. The molecule has 0 atom stereocenters. The number of aromatic nitrogens is 4. The summed E-state index contributed by atoms with van der Waals surface area (Å²) in [5.74, 6) is 0.254. The second-order valence-corrected chi connectivity index (χ2v) is 6.77. The Morgan fingerprint density at radius 2 is 1.91 bits per heavy atom. The summed E-state index contributed by atoms with van der Waals surface area (Å²) in [7, 11) is 0. The normalized spacial score (nSPS) is 10.7. The number of carbonyl (C=O) groups is 1. The van der Waals surface area contributed by atoms with Crippen molar-refractivity contribution >= 4 is 45.1 Å². The Hall–Kier alpha value is -1.70. The van der Waals surface area contributed by atoms with Gasteiger partial charge in [0.1, 0.15) is 0 Å². The lowest BCUT2D eigenvalue weighted by Gasteiger charge is -2.05. The van der Waals surface area contributed by atoms with Crippen LogP contribution in [0, 0.1) is 0 Å². The van der Waals surface area contributed by atoms with Gasteiger partial charge in [0.2, 0.25) is 5.16 Å². The zero-order valence-corrected chi connectivity index (χ0v) is 14.8. The molecular formula is C15H10BrClN4OS. The highest BCUT2D eigenvalue weighted by Gasteiger charge is 2.14. The SMILES string of the molecule is O=C(CSc1nnnn1-c1ccc(Cl)cc1)c1ccccc1Br. The van der Waals surface area contributed by atoms with E-state index >= 15 is 0 Å². The molecule has 1 aromatic heterocycles. The molecule has 0 radical (unpaired) electrons. The maximum atomic E-state index is 12.3. The molecule has 0 bridgehead atoms. The van der Waals surface area contributed by atoms with Crippen LogP contribution in [0.15, 0.2) is 58.2 Å². The zero-order chi connectivity index (χ0) is 16.2. The van der Waals surface area contributed by atoms with Crippen LogP contribution in [0.25, 0.3) is 5.69 Å². The van der Waals surface area contributed by atoms with E-state index in [4.69, 9.17) is 11.6 Å². The van der Waals surface area contributed by atoms with Gasteiger partial charge in [-0.25, -0.2) is 0 Å². The minimum absolute atomic E-state index is 0.00753. The van der Waals surface area contributed by atoms with Gasteiger partial charge < -0.3 is 0 Å². The van der Waals surface area contributed by atoms with Crippen molar-refractivity contribution in [3.05, 3.63) is 63.6 Å². The highest BCUT2D eigenvalue weighted by Crippen LogP contribution is 2.23. The lowest BCUT2D eigenvalue weighted by Crippen LogP contribution is -2.05. The topological polar surface area (TPSA) is 60.7 Å². The summed E-state index contributed by atoms with van der Waals surface area (Å²) in [5.41, 5.74) is 1.43. The van der Waals surface area contributed by atoms with Crippen molar-refractivity contribution in [2.75, 3.05) is 5.75 Å². The van der Waals surface area contributed by atoms with Crippen molar-refractivity contribution in [3.8, 4) is 5.69 Å². The second-order valence-electron chi connectivity index (χ2n) is 4.54. The Balaban J connectivity index is 1.75. The van der Waals surface area contributed by atoms with Gasteiger partial charge >= 0.3 is 0 Å². The number of halogens is 2. The average molecular weight is 410 g/mol. The number of carbonyl (C=O) groups excluding carboxylic acids is 1. The van der Waals surface area contributed by atoms with Crippen LogP contribution < -0.4 is 0 Å². The molecule has 8 heteroatoms. The molecule has 0 spiro atoms.